The fourth-order valence-electron chi connectivity index (χ4n) is 0.730. The van der Waals surface area contributed by atoms with Crippen molar-refractivity contribution in [2.75, 3.05) is 0 Å². The summed E-state index contributed by atoms with van der Waals surface area (Å²) in [6, 6.07) is 0. The highest BCUT2D eigenvalue weighted by Gasteiger charge is 2.52. The second kappa shape index (κ2) is 2.74. The lowest BCUT2D eigenvalue weighted by atomic mass is 10.1. The molecule has 0 bridgehead atoms. The van der Waals surface area contributed by atoms with Gasteiger partial charge >= 0.3 is 5.92 Å². The molecule has 0 heterocycles. The van der Waals surface area contributed by atoms with Crippen LogP contribution in [-0.2, 0) is 0 Å². The van der Waals surface area contributed by atoms with Crippen LogP contribution < -0.4 is 0 Å². The standard InChI is InChI=1S/C6HF7/c7-1-2(8)4(10)6(12,13)5(11)3(1)9/h1H. The maximum atomic E-state index is 12.2. The number of rotatable bonds is 0. The van der Waals surface area contributed by atoms with Gasteiger partial charge in [-0.15, -0.1) is 0 Å². The summed E-state index contributed by atoms with van der Waals surface area (Å²) in [4.78, 5) is 0. The first-order chi connectivity index (χ1) is 5.80. The summed E-state index contributed by atoms with van der Waals surface area (Å²) in [7, 11) is 0. The van der Waals surface area contributed by atoms with Crippen LogP contribution in [-0.4, -0.2) is 12.1 Å². The first-order valence-electron chi connectivity index (χ1n) is 2.93. The molecule has 0 unspecified atom stereocenters. The quantitative estimate of drug-likeness (QED) is 0.533. The lowest BCUT2D eigenvalue weighted by molar-refractivity contribution is 0.0147. The van der Waals surface area contributed by atoms with E-state index >= 15 is 0 Å². The molecule has 0 saturated carbocycles. The van der Waals surface area contributed by atoms with Crippen molar-refractivity contribution >= 4 is 0 Å². The van der Waals surface area contributed by atoms with E-state index in [9.17, 15) is 30.7 Å². The predicted molar refractivity (Wildman–Crippen MR) is 28.3 cm³/mol. The third-order valence-electron chi connectivity index (χ3n) is 1.42. The maximum Gasteiger partial charge on any atom is 0.354 e. The van der Waals surface area contributed by atoms with E-state index in [1.165, 1.54) is 0 Å². The summed E-state index contributed by atoms with van der Waals surface area (Å²) in [5, 5.41) is 0. The average Bonchev–Trinajstić information content (AvgIpc) is 2.09. The molecule has 13 heavy (non-hydrogen) atoms. The lowest BCUT2D eigenvalue weighted by Gasteiger charge is -2.19. The van der Waals surface area contributed by atoms with Gasteiger partial charge in [0, 0.05) is 0 Å². The highest BCUT2D eigenvalue weighted by Crippen LogP contribution is 2.45. The van der Waals surface area contributed by atoms with Gasteiger partial charge in [0.05, 0.1) is 0 Å². The smallest absolute Gasteiger partial charge is 0.232 e. The van der Waals surface area contributed by atoms with Crippen molar-refractivity contribution in [3.05, 3.63) is 23.3 Å². The van der Waals surface area contributed by atoms with Gasteiger partial charge in [-0.1, -0.05) is 0 Å². The normalized spacial score (nSPS) is 24.2. The zero-order valence-corrected chi connectivity index (χ0v) is 5.72. The summed E-state index contributed by atoms with van der Waals surface area (Å²) in [6.45, 7) is 0. The first kappa shape index (κ1) is 10.1. The van der Waals surface area contributed by atoms with Crippen LogP contribution in [0.2, 0.25) is 0 Å². The molecule has 0 nitrogen and oxygen atoms in total. The van der Waals surface area contributed by atoms with E-state index in [0.717, 1.165) is 0 Å². The molecule has 1 rings (SSSR count). The van der Waals surface area contributed by atoms with Gasteiger partial charge in [0.2, 0.25) is 17.8 Å². The van der Waals surface area contributed by atoms with Crippen LogP contribution in [0.4, 0.5) is 30.7 Å². The molecule has 0 saturated heterocycles. The van der Waals surface area contributed by atoms with Gasteiger partial charge in [-0.25, -0.2) is 22.0 Å². The van der Waals surface area contributed by atoms with E-state index in [2.05, 4.69) is 0 Å². The zero-order chi connectivity index (χ0) is 10.4. The Hall–Kier alpha value is -1.01. The van der Waals surface area contributed by atoms with Crippen molar-refractivity contribution in [2.24, 2.45) is 0 Å². The molecule has 0 atom stereocenters. The van der Waals surface area contributed by atoms with Crippen molar-refractivity contribution in [1.29, 1.82) is 0 Å². The molecule has 1 aliphatic carbocycles. The molecule has 0 aliphatic heterocycles. The van der Waals surface area contributed by atoms with Gasteiger partial charge in [-0.05, 0) is 0 Å². The molecule has 0 aromatic carbocycles. The number of halogens is 7. The molecular formula is C6HF7. The molecule has 7 heteroatoms. The predicted octanol–water partition coefficient (Wildman–Crippen LogP) is 3.27. The van der Waals surface area contributed by atoms with Crippen LogP contribution in [0, 0.1) is 0 Å². The molecule has 0 aromatic rings. The van der Waals surface area contributed by atoms with E-state index in [0.29, 0.717) is 0 Å². The summed E-state index contributed by atoms with van der Waals surface area (Å²) < 4.78 is 84.8. The number of hydrogen-bond acceptors (Lipinski definition) is 0. The van der Waals surface area contributed by atoms with Gasteiger partial charge in [0.25, 0.3) is 0 Å². The molecular weight excluding hydrogens is 205 g/mol. The number of hydrogen-bond donors (Lipinski definition) is 0. The Morgan fingerprint density at radius 3 is 1.46 bits per heavy atom. The molecule has 0 spiro atoms. The summed E-state index contributed by atoms with van der Waals surface area (Å²) in [6.07, 6.45) is -3.42. The summed E-state index contributed by atoms with van der Waals surface area (Å²) in [5.74, 6) is -16.2. The van der Waals surface area contributed by atoms with Crippen LogP contribution in [0.3, 0.4) is 0 Å². The Bertz CT molecular complexity index is 272. The average molecular weight is 206 g/mol. The largest absolute Gasteiger partial charge is 0.354 e. The second-order valence-corrected chi connectivity index (χ2v) is 2.26. The number of allylic oxidation sites excluding steroid dienone is 4. The highest BCUT2D eigenvalue weighted by atomic mass is 19.3. The Morgan fingerprint density at radius 2 is 1.15 bits per heavy atom. The van der Waals surface area contributed by atoms with Crippen LogP contribution in [0.5, 0.6) is 0 Å². The van der Waals surface area contributed by atoms with E-state index in [1.807, 2.05) is 0 Å². The van der Waals surface area contributed by atoms with Crippen molar-refractivity contribution in [2.45, 2.75) is 12.1 Å². The van der Waals surface area contributed by atoms with E-state index < -0.39 is 35.4 Å². The fraction of sp³-hybridized carbons (Fsp3) is 0.333. The van der Waals surface area contributed by atoms with Gasteiger partial charge in [0.15, 0.2) is 11.7 Å². The first-order valence-corrected chi connectivity index (χ1v) is 2.93. The van der Waals surface area contributed by atoms with E-state index in [-0.39, 0.29) is 0 Å². The van der Waals surface area contributed by atoms with Crippen molar-refractivity contribution in [1.82, 2.24) is 0 Å². The van der Waals surface area contributed by atoms with Gasteiger partial charge in [-0.3, -0.25) is 0 Å². The Labute approximate surface area is 67.3 Å². The third kappa shape index (κ3) is 1.22. The van der Waals surface area contributed by atoms with E-state index in [4.69, 9.17) is 0 Å². The summed E-state index contributed by atoms with van der Waals surface area (Å²) in [5.41, 5.74) is 0. The number of alkyl halides is 3. The van der Waals surface area contributed by atoms with E-state index in [1.54, 1.807) is 0 Å². The van der Waals surface area contributed by atoms with Crippen LogP contribution in [0.15, 0.2) is 23.3 Å². The molecule has 0 aromatic heterocycles. The third-order valence-corrected chi connectivity index (χ3v) is 1.42. The minimum Gasteiger partial charge on any atom is -0.232 e. The van der Waals surface area contributed by atoms with Crippen molar-refractivity contribution in [3.63, 3.8) is 0 Å². The second-order valence-electron chi connectivity index (χ2n) is 2.26. The van der Waals surface area contributed by atoms with Crippen LogP contribution in [0.1, 0.15) is 0 Å². The Balaban J connectivity index is 3.30. The molecule has 74 valence electrons. The Morgan fingerprint density at radius 1 is 0.846 bits per heavy atom. The van der Waals surface area contributed by atoms with Gasteiger partial charge < -0.3 is 0 Å². The molecule has 1 aliphatic rings. The SMILES string of the molecule is FC1=C(F)C(F)(F)C(F)=C(F)C1F. The van der Waals surface area contributed by atoms with Gasteiger partial charge in [0.1, 0.15) is 0 Å². The minimum absolute atomic E-state index is 2.64. The molecule has 0 fully saturated rings. The lowest BCUT2D eigenvalue weighted by Crippen LogP contribution is -2.28. The monoisotopic (exact) mass is 206 g/mol. The van der Waals surface area contributed by atoms with Gasteiger partial charge in [-0.2, -0.15) is 8.78 Å². The van der Waals surface area contributed by atoms with Crippen molar-refractivity contribution < 1.29 is 30.7 Å². The fourth-order valence-corrected chi connectivity index (χ4v) is 0.730. The molecule has 0 N–H and O–H groups in total. The van der Waals surface area contributed by atoms with Crippen molar-refractivity contribution in [3.8, 4) is 0 Å². The molecule has 0 amide bonds. The zero-order valence-electron chi connectivity index (χ0n) is 5.72. The van der Waals surface area contributed by atoms with Crippen LogP contribution in [0.25, 0.3) is 0 Å². The maximum absolute atomic E-state index is 12.2. The minimum atomic E-state index is -5.04. The topological polar surface area (TPSA) is 0 Å². The van der Waals surface area contributed by atoms with Crippen LogP contribution >= 0.6 is 0 Å². The molecule has 0 radical (unpaired) electrons. The summed E-state index contributed by atoms with van der Waals surface area (Å²) >= 11 is 0. The Kier molecular flexibility index (Phi) is 2.13. The highest BCUT2D eigenvalue weighted by molar-refractivity contribution is 5.35.